The summed E-state index contributed by atoms with van der Waals surface area (Å²) in [5.74, 6) is 1.46. The number of imidazole rings is 1. The van der Waals surface area contributed by atoms with Crippen molar-refractivity contribution >= 4 is 76.1 Å². The van der Waals surface area contributed by atoms with E-state index in [1.165, 1.54) is 26.2 Å². The van der Waals surface area contributed by atoms with E-state index in [1.54, 1.807) is 11.3 Å². The van der Waals surface area contributed by atoms with E-state index < -0.39 is 0 Å². The Kier molecular flexibility index (Phi) is 7.98. The third kappa shape index (κ3) is 5.57. The van der Waals surface area contributed by atoms with Crippen molar-refractivity contribution in [2.75, 3.05) is 0 Å². The average Bonchev–Trinajstić information content (AvgIpc) is 4.13. The third-order valence-electron chi connectivity index (χ3n) is 12.2. The summed E-state index contributed by atoms with van der Waals surface area (Å²) in [6.45, 7) is 0. The molecule has 0 amide bonds. The van der Waals surface area contributed by atoms with Crippen molar-refractivity contribution in [2.45, 2.75) is 0 Å². The van der Waals surface area contributed by atoms with Crippen LogP contribution >= 0.6 is 11.3 Å². The number of pyridine rings is 1. The maximum atomic E-state index is 6.63. The van der Waals surface area contributed by atoms with Crippen LogP contribution in [0.2, 0.25) is 0 Å². The third-order valence-corrected chi connectivity index (χ3v) is 13.1. The van der Waals surface area contributed by atoms with Crippen LogP contribution in [-0.2, 0) is 0 Å². The molecule has 6 nitrogen and oxygen atoms in total. The molecule has 0 aliphatic carbocycles. The molecule has 0 fully saturated rings. The van der Waals surface area contributed by atoms with E-state index in [1.807, 2.05) is 30.5 Å². The van der Waals surface area contributed by atoms with Crippen molar-refractivity contribution in [1.82, 2.24) is 18.7 Å². The number of aromatic nitrogens is 5. The summed E-state index contributed by atoms with van der Waals surface area (Å²) in [6.07, 6.45) is 5.78. The second-order valence-electron chi connectivity index (χ2n) is 15.8. The van der Waals surface area contributed by atoms with Gasteiger partial charge < -0.3 is 13.9 Å². The molecule has 0 aliphatic rings. The summed E-state index contributed by atoms with van der Waals surface area (Å²) in [4.78, 5) is 4.75. The molecule has 0 saturated carbocycles. The lowest BCUT2D eigenvalue weighted by atomic mass is 10.1. The number of thiophene rings is 1. The van der Waals surface area contributed by atoms with Gasteiger partial charge in [0.2, 0.25) is 0 Å². The predicted molar refractivity (Wildman–Crippen MR) is 257 cm³/mol. The molecule has 5 heterocycles. The molecule has 5 aromatic heterocycles. The van der Waals surface area contributed by atoms with E-state index in [4.69, 9.17) is 9.72 Å². The molecule has 0 radical (unpaired) electrons. The van der Waals surface area contributed by atoms with Crippen LogP contribution in [0.4, 0.5) is 0 Å². The van der Waals surface area contributed by atoms with Gasteiger partial charge >= 0.3 is 0 Å². The fraction of sp³-hybridized carbons (Fsp3) is 0. The SMILES string of the molecule is [c-]1n(-c2cccc(Oc3cccc(-c4nccc5sccc45)c3)c2)c2ccccc2[n+]1-c1c(-n2c3ccccc3c3ccccc32)cccc1-n1c2ccccc2c2ccccc21. The minimum atomic E-state index is 0.723. The van der Waals surface area contributed by atoms with E-state index in [0.717, 1.165) is 84.0 Å². The van der Waals surface area contributed by atoms with Gasteiger partial charge in [-0.05, 0) is 84.2 Å². The predicted octanol–water partition coefficient (Wildman–Crippen LogP) is 14.0. The molecule has 0 aliphatic heterocycles. The molecular weight excluding hydrogens is 791 g/mol. The normalized spacial score (nSPS) is 11.8. The first-order chi connectivity index (χ1) is 31.3. The Hall–Kier alpha value is -8.26. The Bertz CT molecular complexity index is 3690. The lowest BCUT2D eigenvalue weighted by Gasteiger charge is -2.20. The molecule has 296 valence electrons. The van der Waals surface area contributed by atoms with Gasteiger partial charge in [-0.2, -0.15) is 0 Å². The first-order valence-electron chi connectivity index (χ1n) is 21.0. The molecule has 0 bridgehead atoms. The standard InChI is InChI=1S/C56H35N5OS/c1-5-22-46-41(18-1)42-19-2-6-23-47(42)60(46)52-28-13-29-53(61-48-24-7-3-20-43(48)44-21-4-8-25-49(44)61)56(52)59-36-58(50-26-9-10-27-51(50)59)38-15-12-17-40(35-38)62-39-16-11-14-37(34-39)55-45-31-33-63-54(45)30-32-57-55/h1-35H. The van der Waals surface area contributed by atoms with Gasteiger partial charge in [-0.15, -0.1) is 11.3 Å². The lowest BCUT2D eigenvalue weighted by Crippen LogP contribution is -2.33. The van der Waals surface area contributed by atoms with Crippen LogP contribution in [0.15, 0.2) is 212 Å². The minimum Gasteiger partial charge on any atom is -0.458 e. The van der Waals surface area contributed by atoms with Gasteiger partial charge in [-0.1, -0.05) is 121 Å². The summed E-state index contributed by atoms with van der Waals surface area (Å²) in [6, 6.07) is 70.7. The van der Waals surface area contributed by atoms with Crippen molar-refractivity contribution in [3.8, 4) is 45.5 Å². The fourth-order valence-electron chi connectivity index (χ4n) is 9.54. The molecule has 0 unspecified atom stereocenters. The maximum Gasteiger partial charge on any atom is 0.269 e. The summed E-state index contributed by atoms with van der Waals surface area (Å²) in [5, 5.41) is 8.09. The number of fused-ring (bicyclic) bond motifs is 8. The van der Waals surface area contributed by atoms with Crippen molar-refractivity contribution < 1.29 is 9.30 Å². The van der Waals surface area contributed by atoms with Gasteiger partial charge in [0, 0.05) is 43.4 Å². The van der Waals surface area contributed by atoms with E-state index in [-0.39, 0.29) is 0 Å². The minimum absolute atomic E-state index is 0.723. The number of nitrogens with zero attached hydrogens (tertiary/aromatic N) is 5. The molecule has 7 heteroatoms. The van der Waals surface area contributed by atoms with Crippen molar-refractivity contribution in [3.05, 3.63) is 218 Å². The van der Waals surface area contributed by atoms with Crippen LogP contribution in [0.5, 0.6) is 11.5 Å². The number of hydrogen-bond acceptors (Lipinski definition) is 3. The molecule has 0 saturated heterocycles. The molecule has 8 aromatic carbocycles. The monoisotopic (exact) mass is 825 g/mol. The molecule has 13 rings (SSSR count). The van der Waals surface area contributed by atoms with Crippen molar-refractivity contribution in [2.24, 2.45) is 0 Å². The zero-order valence-electron chi connectivity index (χ0n) is 33.8. The number of ether oxygens (including phenoxy) is 1. The topological polar surface area (TPSA) is 40.8 Å². The Balaban J connectivity index is 1.03. The largest absolute Gasteiger partial charge is 0.458 e. The smallest absolute Gasteiger partial charge is 0.269 e. The number of benzene rings is 8. The van der Waals surface area contributed by atoms with Gasteiger partial charge in [0.25, 0.3) is 6.33 Å². The van der Waals surface area contributed by atoms with E-state index in [2.05, 4.69) is 206 Å². The summed E-state index contributed by atoms with van der Waals surface area (Å²) < 4.78 is 17.1. The summed E-state index contributed by atoms with van der Waals surface area (Å²) >= 11 is 1.72. The highest BCUT2D eigenvalue weighted by molar-refractivity contribution is 7.17. The van der Waals surface area contributed by atoms with Crippen LogP contribution in [0.25, 0.3) is 98.7 Å². The highest BCUT2D eigenvalue weighted by Gasteiger charge is 2.24. The van der Waals surface area contributed by atoms with Crippen molar-refractivity contribution in [1.29, 1.82) is 0 Å². The van der Waals surface area contributed by atoms with E-state index in [9.17, 15) is 0 Å². The van der Waals surface area contributed by atoms with Crippen LogP contribution in [-0.4, -0.2) is 18.7 Å². The average molecular weight is 826 g/mol. The summed E-state index contributed by atoms with van der Waals surface area (Å²) in [5.41, 5.74) is 12.6. The first kappa shape index (κ1) is 35.5. The van der Waals surface area contributed by atoms with Crippen LogP contribution < -0.4 is 9.30 Å². The van der Waals surface area contributed by atoms with Gasteiger partial charge in [0.15, 0.2) is 0 Å². The fourth-order valence-corrected chi connectivity index (χ4v) is 10.3. The number of para-hydroxylation sites is 7. The Morgan fingerprint density at radius 3 is 1.65 bits per heavy atom. The van der Waals surface area contributed by atoms with Gasteiger partial charge in [-0.3, -0.25) is 14.1 Å². The molecule has 63 heavy (non-hydrogen) atoms. The molecule has 0 atom stereocenters. The van der Waals surface area contributed by atoms with Crippen LogP contribution in [0, 0.1) is 6.33 Å². The Morgan fingerprint density at radius 2 is 1.02 bits per heavy atom. The van der Waals surface area contributed by atoms with Gasteiger partial charge in [0.05, 0.1) is 55.9 Å². The van der Waals surface area contributed by atoms with Crippen LogP contribution in [0.3, 0.4) is 0 Å². The Labute approximate surface area is 366 Å². The maximum absolute atomic E-state index is 6.63. The second kappa shape index (κ2) is 14.2. The lowest BCUT2D eigenvalue weighted by molar-refractivity contribution is -0.571. The highest BCUT2D eigenvalue weighted by atomic mass is 32.1. The first-order valence-corrected chi connectivity index (χ1v) is 21.9. The highest BCUT2D eigenvalue weighted by Crippen LogP contribution is 2.39. The summed E-state index contributed by atoms with van der Waals surface area (Å²) in [7, 11) is 0. The molecule has 0 spiro atoms. The number of rotatable bonds is 7. The van der Waals surface area contributed by atoms with Crippen molar-refractivity contribution in [3.63, 3.8) is 0 Å². The number of hydrogen-bond donors (Lipinski definition) is 0. The van der Waals surface area contributed by atoms with Crippen LogP contribution in [0.1, 0.15) is 0 Å². The van der Waals surface area contributed by atoms with Gasteiger partial charge in [-0.25, -0.2) is 0 Å². The molecule has 13 aromatic rings. The Morgan fingerprint density at radius 1 is 0.476 bits per heavy atom. The second-order valence-corrected chi connectivity index (χ2v) is 16.7. The zero-order valence-corrected chi connectivity index (χ0v) is 34.6. The van der Waals surface area contributed by atoms with E-state index in [0.29, 0.717) is 0 Å². The van der Waals surface area contributed by atoms with E-state index >= 15 is 0 Å². The zero-order chi connectivity index (χ0) is 41.4. The van der Waals surface area contributed by atoms with Gasteiger partial charge in [0.1, 0.15) is 17.2 Å². The molecular formula is C56H35N5OS. The quantitative estimate of drug-likeness (QED) is 0.119. The molecule has 0 N–H and O–H groups in total.